The van der Waals surface area contributed by atoms with E-state index >= 15 is 0 Å². The van der Waals surface area contributed by atoms with Gasteiger partial charge in [0.05, 0.1) is 11.5 Å². The lowest BCUT2D eigenvalue weighted by Crippen LogP contribution is -2.45. The normalized spacial score (nSPS) is 23.2. The summed E-state index contributed by atoms with van der Waals surface area (Å²) in [5, 5.41) is 14.8. The van der Waals surface area contributed by atoms with Crippen LogP contribution in [0.4, 0.5) is 4.79 Å². The van der Waals surface area contributed by atoms with Gasteiger partial charge in [0.2, 0.25) is 10.0 Å². The maximum absolute atomic E-state index is 12.7. The number of hydrogen-bond donors (Lipinski definition) is 3. The largest absolute Gasteiger partial charge is 0.395 e. The van der Waals surface area contributed by atoms with Gasteiger partial charge in [-0.05, 0) is 42.7 Å². The number of aliphatic hydroxyl groups excluding tert-OH is 1. The third-order valence-electron chi connectivity index (χ3n) is 5.03. The molecule has 1 fully saturated rings. The SMILES string of the molecule is CC1CC(C)CC(NC(=O)NCc2ccccc2S(=O)(=O)N(C)CCO)C1. The molecule has 3 N–H and O–H groups in total. The highest BCUT2D eigenvalue weighted by Crippen LogP contribution is 2.28. The summed E-state index contributed by atoms with van der Waals surface area (Å²) in [6.45, 7) is 4.28. The number of urea groups is 1. The van der Waals surface area contributed by atoms with Crippen LogP contribution in [-0.4, -0.2) is 50.1 Å². The molecule has 1 aromatic carbocycles. The minimum absolute atomic E-state index is 0.0165. The molecular weight excluding hydrogens is 366 g/mol. The van der Waals surface area contributed by atoms with Gasteiger partial charge in [-0.1, -0.05) is 32.0 Å². The summed E-state index contributed by atoms with van der Waals surface area (Å²) in [7, 11) is -2.30. The van der Waals surface area contributed by atoms with Crippen LogP contribution in [0.15, 0.2) is 29.2 Å². The van der Waals surface area contributed by atoms with Gasteiger partial charge in [-0.25, -0.2) is 13.2 Å². The lowest BCUT2D eigenvalue weighted by molar-refractivity contribution is 0.213. The Bertz CT molecular complexity index is 728. The fraction of sp³-hybridized carbons (Fsp3) is 0.632. The molecule has 0 radical (unpaired) electrons. The molecule has 7 nitrogen and oxygen atoms in total. The van der Waals surface area contributed by atoms with Crippen molar-refractivity contribution in [3.8, 4) is 0 Å². The number of rotatable bonds is 7. The number of amides is 2. The lowest BCUT2D eigenvalue weighted by Gasteiger charge is -2.32. The van der Waals surface area contributed by atoms with Crippen LogP contribution in [0.5, 0.6) is 0 Å². The fourth-order valence-electron chi connectivity index (χ4n) is 3.81. The first kappa shape index (κ1) is 21.7. The van der Waals surface area contributed by atoms with E-state index in [4.69, 9.17) is 5.11 Å². The zero-order valence-electron chi connectivity index (χ0n) is 16.3. The number of nitrogens with zero attached hydrogens (tertiary/aromatic N) is 1. The van der Waals surface area contributed by atoms with Gasteiger partial charge in [0, 0.05) is 26.2 Å². The number of likely N-dealkylation sites (N-methyl/N-ethyl adjacent to an activating group) is 1. The molecule has 1 aliphatic carbocycles. The predicted molar refractivity (Wildman–Crippen MR) is 105 cm³/mol. The number of hydrogen-bond acceptors (Lipinski definition) is 4. The van der Waals surface area contributed by atoms with Gasteiger partial charge in [0.15, 0.2) is 0 Å². The predicted octanol–water partition coefficient (Wildman–Crippen LogP) is 1.92. The first-order chi connectivity index (χ1) is 12.7. The maximum Gasteiger partial charge on any atom is 0.315 e. The van der Waals surface area contributed by atoms with Crippen LogP contribution in [0, 0.1) is 11.8 Å². The summed E-state index contributed by atoms with van der Waals surface area (Å²) in [6.07, 6.45) is 3.12. The van der Waals surface area contributed by atoms with Gasteiger partial charge in [-0.2, -0.15) is 4.31 Å². The Morgan fingerprint density at radius 2 is 1.81 bits per heavy atom. The molecule has 0 aliphatic heterocycles. The molecule has 1 aromatic rings. The third kappa shape index (κ3) is 5.92. The molecule has 0 saturated heterocycles. The summed E-state index contributed by atoms with van der Waals surface area (Å²) in [6, 6.07) is 6.46. The summed E-state index contributed by atoms with van der Waals surface area (Å²) in [5.74, 6) is 1.18. The van der Waals surface area contributed by atoms with E-state index < -0.39 is 10.0 Å². The van der Waals surface area contributed by atoms with E-state index in [9.17, 15) is 13.2 Å². The first-order valence-corrected chi connectivity index (χ1v) is 10.9. The van der Waals surface area contributed by atoms with Crippen molar-refractivity contribution in [2.45, 2.75) is 50.6 Å². The van der Waals surface area contributed by atoms with E-state index in [-0.39, 0.29) is 36.7 Å². The first-order valence-electron chi connectivity index (χ1n) is 9.43. The molecule has 2 atom stereocenters. The summed E-state index contributed by atoms with van der Waals surface area (Å²) in [4.78, 5) is 12.4. The van der Waals surface area contributed by atoms with Crippen LogP contribution in [0.25, 0.3) is 0 Å². The van der Waals surface area contributed by atoms with Crippen LogP contribution in [0.2, 0.25) is 0 Å². The minimum Gasteiger partial charge on any atom is -0.395 e. The third-order valence-corrected chi connectivity index (χ3v) is 6.99. The monoisotopic (exact) mass is 397 g/mol. The molecule has 2 amide bonds. The molecule has 152 valence electrons. The second kappa shape index (κ2) is 9.52. The quantitative estimate of drug-likeness (QED) is 0.655. The standard InChI is InChI=1S/C19H31N3O4S/c1-14-10-15(2)12-17(11-14)21-19(24)20-13-16-6-4-5-7-18(16)27(25,26)22(3)8-9-23/h4-7,14-15,17,23H,8-13H2,1-3H3,(H2,20,21,24). The van der Waals surface area contributed by atoms with E-state index in [1.54, 1.807) is 18.2 Å². The van der Waals surface area contributed by atoms with Crippen molar-refractivity contribution in [2.24, 2.45) is 11.8 Å². The number of nitrogens with one attached hydrogen (secondary N) is 2. The number of carbonyl (C=O) groups is 1. The van der Waals surface area contributed by atoms with Gasteiger partial charge < -0.3 is 15.7 Å². The van der Waals surface area contributed by atoms with E-state index in [0.29, 0.717) is 17.4 Å². The number of sulfonamides is 1. The zero-order chi connectivity index (χ0) is 20.0. The van der Waals surface area contributed by atoms with Crippen LogP contribution in [0.1, 0.15) is 38.7 Å². The average molecular weight is 398 g/mol. The molecule has 27 heavy (non-hydrogen) atoms. The van der Waals surface area contributed by atoms with Crippen molar-refractivity contribution < 1.29 is 18.3 Å². The van der Waals surface area contributed by atoms with Crippen molar-refractivity contribution in [3.63, 3.8) is 0 Å². The number of benzene rings is 1. The van der Waals surface area contributed by atoms with E-state index in [0.717, 1.165) is 17.1 Å². The van der Waals surface area contributed by atoms with Crippen molar-refractivity contribution in [3.05, 3.63) is 29.8 Å². The van der Waals surface area contributed by atoms with Crippen molar-refractivity contribution in [1.29, 1.82) is 0 Å². The van der Waals surface area contributed by atoms with Gasteiger partial charge in [-0.15, -0.1) is 0 Å². The zero-order valence-corrected chi connectivity index (χ0v) is 17.1. The van der Waals surface area contributed by atoms with Crippen LogP contribution in [0.3, 0.4) is 0 Å². The van der Waals surface area contributed by atoms with Gasteiger partial charge in [-0.3, -0.25) is 0 Å². The maximum atomic E-state index is 12.7. The smallest absolute Gasteiger partial charge is 0.315 e. The van der Waals surface area contributed by atoms with Gasteiger partial charge >= 0.3 is 6.03 Å². The van der Waals surface area contributed by atoms with Crippen molar-refractivity contribution >= 4 is 16.1 Å². The molecule has 1 aliphatic rings. The highest BCUT2D eigenvalue weighted by molar-refractivity contribution is 7.89. The van der Waals surface area contributed by atoms with Gasteiger partial charge in [0.25, 0.3) is 0 Å². The molecule has 0 bridgehead atoms. The highest BCUT2D eigenvalue weighted by atomic mass is 32.2. The van der Waals surface area contributed by atoms with Crippen LogP contribution in [-0.2, 0) is 16.6 Å². The Labute approximate surface area is 162 Å². The topological polar surface area (TPSA) is 98.7 Å². The molecule has 0 aromatic heterocycles. The minimum atomic E-state index is -3.72. The molecule has 2 unspecified atom stereocenters. The average Bonchev–Trinajstić information content (AvgIpc) is 2.59. The van der Waals surface area contributed by atoms with E-state index in [1.807, 2.05) is 0 Å². The van der Waals surface area contributed by atoms with Crippen LogP contribution >= 0.6 is 0 Å². The van der Waals surface area contributed by atoms with Crippen molar-refractivity contribution in [1.82, 2.24) is 14.9 Å². The summed E-state index contributed by atoms with van der Waals surface area (Å²) >= 11 is 0. The Balaban J connectivity index is 2.01. The Kier molecular flexibility index (Phi) is 7.64. The lowest BCUT2D eigenvalue weighted by atomic mass is 9.80. The number of aliphatic hydroxyl groups is 1. The van der Waals surface area contributed by atoms with Crippen LogP contribution < -0.4 is 10.6 Å². The Morgan fingerprint density at radius 1 is 1.19 bits per heavy atom. The number of carbonyl (C=O) groups excluding carboxylic acids is 1. The fourth-order valence-corrected chi connectivity index (χ4v) is 5.19. The Hall–Kier alpha value is -1.64. The summed E-state index contributed by atoms with van der Waals surface area (Å²) in [5.41, 5.74) is 0.517. The van der Waals surface area contributed by atoms with Gasteiger partial charge in [0.1, 0.15) is 0 Å². The highest BCUT2D eigenvalue weighted by Gasteiger charge is 2.26. The molecule has 1 saturated carbocycles. The second-order valence-corrected chi connectivity index (χ2v) is 9.61. The Morgan fingerprint density at radius 3 is 2.44 bits per heavy atom. The molecule has 0 heterocycles. The van der Waals surface area contributed by atoms with E-state index in [1.165, 1.54) is 19.5 Å². The summed E-state index contributed by atoms with van der Waals surface area (Å²) < 4.78 is 26.4. The molecular formula is C19H31N3O4S. The molecule has 0 spiro atoms. The van der Waals surface area contributed by atoms with E-state index in [2.05, 4.69) is 24.5 Å². The molecule has 2 rings (SSSR count). The molecule has 8 heteroatoms. The van der Waals surface area contributed by atoms with Crippen molar-refractivity contribution in [2.75, 3.05) is 20.2 Å². The second-order valence-electron chi connectivity index (χ2n) is 7.60.